The second-order valence-electron chi connectivity index (χ2n) is 3.89. The number of rotatable bonds is 4. The molecule has 2 rings (SSSR count). The van der Waals surface area contributed by atoms with Crippen LogP contribution in [0.15, 0.2) is 54.6 Å². The van der Waals surface area contributed by atoms with Gasteiger partial charge in [0.2, 0.25) is 0 Å². The van der Waals surface area contributed by atoms with Crippen molar-refractivity contribution in [2.75, 3.05) is 6.61 Å². The molecule has 2 nitrogen and oxygen atoms in total. The summed E-state index contributed by atoms with van der Waals surface area (Å²) < 4.78 is 5.41. The Balaban J connectivity index is 2.17. The van der Waals surface area contributed by atoms with Crippen LogP contribution >= 0.6 is 0 Å². The molecule has 1 atom stereocenters. The van der Waals surface area contributed by atoms with Gasteiger partial charge >= 0.3 is 0 Å². The van der Waals surface area contributed by atoms with Crippen molar-refractivity contribution in [2.45, 2.75) is 13.0 Å². The van der Waals surface area contributed by atoms with Gasteiger partial charge in [-0.05, 0) is 30.2 Å². The van der Waals surface area contributed by atoms with Crippen molar-refractivity contribution in [3.05, 3.63) is 65.7 Å². The van der Waals surface area contributed by atoms with Gasteiger partial charge in [0.05, 0.1) is 12.6 Å². The molecule has 2 aromatic rings. The van der Waals surface area contributed by atoms with Gasteiger partial charge in [-0.1, -0.05) is 42.5 Å². The highest BCUT2D eigenvalue weighted by Gasteiger charge is 2.07. The lowest BCUT2D eigenvalue weighted by Gasteiger charge is -2.13. The van der Waals surface area contributed by atoms with Crippen LogP contribution in [-0.4, -0.2) is 6.61 Å². The molecular formula is C15H17NO. The number of hydrogen-bond acceptors (Lipinski definition) is 2. The third-order valence-corrected chi connectivity index (χ3v) is 2.71. The van der Waals surface area contributed by atoms with Crippen molar-refractivity contribution in [3.8, 4) is 5.75 Å². The lowest BCUT2D eigenvalue weighted by Crippen LogP contribution is -2.11. The van der Waals surface area contributed by atoms with E-state index in [1.807, 2.05) is 61.5 Å². The minimum absolute atomic E-state index is 0.0770. The maximum Gasteiger partial charge on any atom is 0.119 e. The summed E-state index contributed by atoms with van der Waals surface area (Å²) >= 11 is 0. The molecule has 2 aromatic carbocycles. The quantitative estimate of drug-likeness (QED) is 0.871. The van der Waals surface area contributed by atoms with E-state index in [1.54, 1.807) is 0 Å². The van der Waals surface area contributed by atoms with Gasteiger partial charge < -0.3 is 10.5 Å². The summed E-state index contributed by atoms with van der Waals surface area (Å²) in [5, 5.41) is 0. The number of benzene rings is 2. The van der Waals surface area contributed by atoms with E-state index >= 15 is 0 Å². The van der Waals surface area contributed by atoms with E-state index in [4.69, 9.17) is 10.5 Å². The van der Waals surface area contributed by atoms with Gasteiger partial charge in [0.25, 0.3) is 0 Å². The Morgan fingerprint density at radius 3 is 2.12 bits per heavy atom. The minimum atomic E-state index is -0.0770. The van der Waals surface area contributed by atoms with Gasteiger partial charge in [-0.2, -0.15) is 0 Å². The molecule has 2 N–H and O–H groups in total. The Morgan fingerprint density at radius 1 is 0.941 bits per heavy atom. The van der Waals surface area contributed by atoms with Gasteiger partial charge in [0, 0.05) is 0 Å². The Kier molecular flexibility index (Phi) is 3.78. The van der Waals surface area contributed by atoms with Crippen LogP contribution in [0.25, 0.3) is 0 Å². The topological polar surface area (TPSA) is 35.2 Å². The van der Waals surface area contributed by atoms with Crippen LogP contribution in [0.5, 0.6) is 5.75 Å². The van der Waals surface area contributed by atoms with Crippen molar-refractivity contribution in [1.29, 1.82) is 0 Å². The minimum Gasteiger partial charge on any atom is -0.494 e. The number of nitrogens with two attached hydrogens (primary N) is 1. The van der Waals surface area contributed by atoms with E-state index in [2.05, 4.69) is 0 Å². The fraction of sp³-hybridized carbons (Fsp3) is 0.200. The number of hydrogen-bond donors (Lipinski definition) is 1. The van der Waals surface area contributed by atoms with E-state index in [-0.39, 0.29) is 6.04 Å². The maximum atomic E-state index is 6.20. The Bertz CT molecular complexity index is 450. The van der Waals surface area contributed by atoms with Crippen LogP contribution in [0.2, 0.25) is 0 Å². The lowest BCUT2D eigenvalue weighted by molar-refractivity contribution is 0.340. The SMILES string of the molecule is CCOc1ccc(C(N)c2ccccc2)cc1. The monoisotopic (exact) mass is 227 g/mol. The summed E-state index contributed by atoms with van der Waals surface area (Å²) in [6, 6.07) is 18.0. The number of ether oxygens (including phenoxy) is 1. The van der Waals surface area contributed by atoms with Crippen molar-refractivity contribution in [1.82, 2.24) is 0 Å². The summed E-state index contributed by atoms with van der Waals surface area (Å²) in [6.45, 7) is 2.66. The molecule has 0 aliphatic carbocycles. The molecule has 0 saturated carbocycles. The molecule has 0 saturated heterocycles. The normalized spacial score (nSPS) is 12.1. The lowest BCUT2D eigenvalue weighted by atomic mass is 10.00. The van der Waals surface area contributed by atoms with E-state index in [9.17, 15) is 0 Å². The van der Waals surface area contributed by atoms with Gasteiger partial charge in [-0.15, -0.1) is 0 Å². The summed E-state index contributed by atoms with van der Waals surface area (Å²) in [4.78, 5) is 0. The van der Waals surface area contributed by atoms with E-state index in [0.29, 0.717) is 6.61 Å². The highest BCUT2D eigenvalue weighted by molar-refractivity contribution is 5.34. The van der Waals surface area contributed by atoms with Gasteiger partial charge in [-0.25, -0.2) is 0 Å². The fourth-order valence-electron chi connectivity index (χ4n) is 1.79. The molecule has 0 aromatic heterocycles. The van der Waals surface area contributed by atoms with E-state index < -0.39 is 0 Å². The van der Waals surface area contributed by atoms with Crippen molar-refractivity contribution >= 4 is 0 Å². The van der Waals surface area contributed by atoms with E-state index in [0.717, 1.165) is 16.9 Å². The molecule has 88 valence electrons. The Hall–Kier alpha value is -1.80. The first-order valence-corrected chi connectivity index (χ1v) is 5.84. The second-order valence-corrected chi connectivity index (χ2v) is 3.89. The molecule has 0 aliphatic heterocycles. The highest BCUT2D eigenvalue weighted by atomic mass is 16.5. The fourth-order valence-corrected chi connectivity index (χ4v) is 1.79. The van der Waals surface area contributed by atoms with E-state index in [1.165, 1.54) is 0 Å². The predicted octanol–water partition coefficient (Wildman–Crippen LogP) is 3.13. The zero-order chi connectivity index (χ0) is 12.1. The molecule has 0 heterocycles. The molecule has 17 heavy (non-hydrogen) atoms. The second kappa shape index (κ2) is 5.51. The summed E-state index contributed by atoms with van der Waals surface area (Å²) in [5.41, 5.74) is 8.42. The molecule has 0 fully saturated rings. The average molecular weight is 227 g/mol. The maximum absolute atomic E-state index is 6.20. The molecule has 0 aliphatic rings. The zero-order valence-corrected chi connectivity index (χ0v) is 9.97. The predicted molar refractivity (Wildman–Crippen MR) is 70.1 cm³/mol. The van der Waals surface area contributed by atoms with Crippen LogP contribution in [0.3, 0.4) is 0 Å². The van der Waals surface area contributed by atoms with Crippen LogP contribution in [-0.2, 0) is 0 Å². The first-order chi connectivity index (χ1) is 8.31. The van der Waals surface area contributed by atoms with Crippen LogP contribution in [0.1, 0.15) is 24.1 Å². The molecule has 0 radical (unpaired) electrons. The van der Waals surface area contributed by atoms with Crippen LogP contribution < -0.4 is 10.5 Å². The molecule has 2 heteroatoms. The molecular weight excluding hydrogens is 210 g/mol. The molecule has 1 unspecified atom stereocenters. The van der Waals surface area contributed by atoms with Gasteiger partial charge in [0.15, 0.2) is 0 Å². The average Bonchev–Trinajstić information content (AvgIpc) is 2.40. The van der Waals surface area contributed by atoms with Crippen LogP contribution in [0, 0.1) is 0 Å². The Labute approximate surface area is 102 Å². The summed E-state index contributed by atoms with van der Waals surface area (Å²) in [7, 11) is 0. The third-order valence-electron chi connectivity index (χ3n) is 2.71. The molecule has 0 spiro atoms. The first kappa shape index (κ1) is 11.7. The smallest absolute Gasteiger partial charge is 0.119 e. The van der Waals surface area contributed by atoms with Crippen molar-refractivity contribution < 1.29 is 4.74 Å². The zero-order valence-electron chi connectivity index (χ0n) is 9.97. The van der Waals surface area contributed by atoms with Crippen molar-refractivity contribution in [3.63, 3.8) is 0 Å². The molecule has 0 bridgehead atoms. The summed E-state index contributed by atoms with van der Waals surface area (Å²) in [5.74, 6) is 0.886. The van der Waals surface area contributed by atoms with Crippen LogP contribution in [0.4, 0.5) is 0 Å². The van der Waals surface area contributed by atoms with Gasteiger partial charge in [0.1, 0.15) is 5.75 Å². The third kappa shape index (κ3) is 2.86. The first-order valence-electron chi connectivity index (χ1n) is 5.84. The standard InChI is InChI=1S/C15H17NO/c1-2-17-14-10-8-13(9-11-14)15(16)12-6-4-3-5-7-12/h3-11,15H,2,16H2,1H3. The van der Waals surface area contributed by atoms with Crippen molar-refractivity contribution in [2.24, 2.45) is 5.73 Å². The Morgan fingerprint density at radius 2 is 1.53 bits per heavy atom. The molecule has 0 amide bonds. The summed E-state index contributed by atoms with van der Waals surface area (Å²) in [6.07, 6.45) is 0. The highest BCUT2D eigenvalue weighted by Crippen LogP contribution is 2.21. The van der Waals surface area contributed by atoms with Gasteiger partial charge in [-0.3, -0.25) is 0 Å². The largest absolute Gasteiger partial charge is 0.494 e.